The molecule has 0 aliphatic carbocycles. The van der Waals surface area contributed by atoms with Crippen molar-refractivity contribution < 1.29 is 9.59 Å². The van der Waals surface area contributed by atoms with Crippen LogP contribution >= 0.6 is 0 Å². The molecule has 1 aliphatic heterocycles. The number of para-hydroxylation sites is 1. The van der Waals surface area contributed by atoms with E-state index in [1.165, 1.54) is 0 Å². The molecule has 25 heavy (non-hydrogen) atoms. The number of Topliss-reactive ketones (excluding diaryl/α,β-unsaturated/α-hetero) is 1. The number of hydrogen-bond donors (Lipinski definition) is 1. The number of anilines is 1. The molecule has 0 saturated carbocycles. The molecular weight excluding hydrogens is 312 g/mol. The highest BCUT2D eigenvalue weighted by Crippen LogP contribution is 2.22. The molecule has 0 spiro atoms. The summed E-state index contributed by atoms with van der Waals surface area (Å²) < 4.78 is 0. The Morgan fingerprint density at radius 3 is 2.32 bits per heavy atom. The summed E-state index contributed by atoms with van der Waals surface area (Å²) in [6.07, 6.45) is 1.62. The van der Waals surface area contributed by atoms with Crippen molar-refractivity contribution in [1.82, 2.24) is 4.90 Å². The highest BCUT2D eigenvalue weighted by atomic mass is 16.2. The number of amides is 1. The van der Waals surface area contributed by atoms with E-state index in [-0.39, 0.29) is 17.6 Å². The first-order valence-corrected chi connectivity index (χ1v) is 8.80. The summed E-state index contributed by atoms with van der Waals surface area (Å²) in [4.78, 5) is 26.9. The summed E-state index contributed by atoms with van der Waals surface area (Å²) >= 11 is 0. The molecule has 1 heterocycles. The van der Waals surface area contributed by atoms with Gasteiger partial charge in [0.15, 0.2) is 5.78 Å². The maximum atomic E-state index is 12.5. The molecular formula is C21H24N2O2. The Morgan fingerprint density at radius 1 is 1.00 bits per heavy atom. The number of carbonyl (C=O) groups is 2. The van der Waals surface area contributed by atoms with Crippen LogP contribution in [0, 0.1) is 12.8 Å². The van der Waals surface area contributed by atoms with Gasteiger partial charge in [0.2, 0.25) is 5.91 Å². The minimum Gasteiger partial charge on any atom is -0.325 e. The first kappa shape index (κ1) is 17.4. The first-order chi connectivity index (χ1) is 12.1. The van der Waals surface area contributed by atoms with Gasteiger partial charge in [-0.3, -0.25) is 14.5 Å². The number of benzene rings is 2. The number of hydrogen-bond acceptors (Lipinski definition) is 3. The highest BCUT2D eigenvalue weighted by Gasteiger charge is 2.26. The van der Waals surface area contributed by atoms with Crippen LogP contribution in [0.25, 0.3) is 0 Å². The zero-order valence-corrected chi connectivity index (χ0v) is 14.6. The average Bonchev–Trinajstić information content (AvgIpc) is 2.64. The van der Waals surface area contributed by atoms with Crippen LogP contribution in [0.3, 0.4) is 0 Å². The van der Waals surface area contributed by atoms with Crippen molar-refractivity contribution in [1.29, 1.82) is 0 Å². The van der Waals surface area contributed by atoms with E-state index in [0.29, 0.717) is 6.54 Å². The molecule has 1 amide bonds. The molecule has 0 atom stereocenters. The minimum absolute atomic E-state index is 0.00198. The molecule has 2 aromatic carbocycles. The fraction of sp³-hybridized carbons (Fsp3) is 0.333. The van der Waals surface area contributed by atoms with Crippen LogP contribution in [0.2, 0.25) is 0 Å². The molecule has 1 saturated heterocycles. The first-order valence-electron chi connectivity index (χ1n) is 8.80. The molecule has 0 bridgehead atoms. The van der Waals surface area contributed by atoms with Gasteiger partial charge in [-0.15, -0.1) is 0 Å². The lowest BCUT2D eigenvalue weighted by atomic mass is 9.89. The predicted octanol–water partition coefficient (Wildman–Crippen LogP) is 3.53. The van der Waals surface area contributed by atoms with Crippen LogP contribution in [0.15, 0.2) is 54.6 Å². The van der Waals surface area contributed by atoms with Gasteiger partial charge in [-0.1, -0.05) is 48.5 Å². The van der Waals surface area contributed by atoms with Crippen LogP contribution in [-0.2, 0) is 4.79 Å². The second-order valence-electron chi connectivity index (χ2n) is 6.64. The molecule has 0 aromatic heterocycles. The Kier molecular flexibility index (Phi) is 5.61. The van der Waals surface area contributed by atoms with E-state index in [1.807, 2.05) is 61.5 Å². The maximum absolute atomic E-state index is 12.5. The Labute approximate surface area is 148 Å². The minimum atomic E-state index is 0.00198. The van der Waals surface area contributed by atoms with Crippen molar-refractivity contribution in [3.63, 3.8) is 0 Å². The van der Waals surface area contributed by atoms with E-state index in [2.05, 4.69) is 10.2 Å². The summed E-state index contributed by atoms with van der Waals surface area (Å²) in [5, 5.41) is 2.97. The number of likely N-dealkylation sites (tertiary alicyclic amines) is 1. The lowest BCUT2D eigenvalue weighted by Crippen LogP contribution is -2.40. The van der Waals surface area contributed by atoms with Crippen molar-refractivity contribution in [2.75, 3.05) is 25.0 Å². The van der Waals surface area contributed by atoms with Crippen LogP contribution in [0.4, 0.5) is 5.69 Å². The van der Waals surface area contributed by atoms with Crippen LogP contribution in [0.5, 0.6) is 0 Å². The summed E-state index contributed by atoms with van der Waals surface area (Å²) in [6.45, 7) is 3.92. The van der Waals surface area contributed by atoms with E-state index in [4.69, 9.17) is 0 Å². The molecule has 2 aromatic rings. The van der Waals surface area contributed by atoms with Crippen LogP contribution in [-0.4, -0.2) is 36.2 Å². The SMILES string of the molecule is Cc1ccccc1NC(=O)CN1CCC(C(=O)c2ccccc2)CC1. The number of nitrogens with one attached hydrogen (secondary N) is 1. The summed E-state index contributed by atoms with van der Waals surface area (Å²) in [5.41, 5.74) is 2.71. The standard InChI is InChI=1S/C21H24N2O2/c1-16-7-5-6-10-19(16)22-20(24)15-23-13-11-18(12-14-23)21(25)17-8-3-2-4-9-17/h2-10,18H,11-15H2,1H3,(H,22,24). The quantitative estimate of drug-likeness (QED) is 0.850. The second kappa shape index (κ2) is 8.08. The van der Waals surface area contributed by atoms with Gasteiger partial charge in [0.1, 0.15) is 0 Å². The third-order valence-corrected chi connectivity index (χ3v) is 4.80. The Bertz CT molecular complexity index is 735. The summed E-state index contributed by atoms with van der Waals surface area (Å²) in [5.74, 6) is 0.296. The topological polar surface area (TPSA) is 49.4 Å². The molecule has 4 nitrogen and oxygen atoms in total. The normalized spacial score (nSPS) is 15.7. The third-order valence-electron chi connectivity index (χ3n) is 4.80. The average molecular weight is 336 g/mol. The Balaban J connectivity index is 1.48. The predicted molar refractivity (Wildman–Crippen MR) is 99.7 cm³/mol. The fourth-order valence-electron chi connectivity index (χ4n) is 3.30. The fourth-order valence-corrected chi connectivity index (χ4v) is 3.30. The largest absolute Gasteiger partial charge is 0.325 e. The lowest BCUT2D eigenvalue weighted by Gasteiger charge is -2.30. The molecule has 4 heteroatoms. The van der Waals surface area contributed by atoms with Crippen molar-refractivity contribution in [2.45, 2.75) is 19.8 Å². The summed E-state index contributed by atoms with van der Waals surface area (Å²) in [6, 6.07) is 17.3. The number of rotatable bonds is 5. The van der Waals surface area contributed by atoms with Gasteiger partial charge in [0.25, 0.3) is 0 Å². The number of carbonyl (C=O) groups excluding carboxylic acids is 2. The maximum Gasteiger partial charge on any atom is 0.238 e. The molecule has 130 valence electrons. The lowest BCUT2D eigenvalue weighted by molar-refractivity contribution is -0.117. The van der Waals surface area contributed by atoms with Crippen molar-refractivity contribution in [3.05, 3.63) is 65.7 Å². The third kappa shape index (κ3) is 4.54. The van der Waals surface area contributed by atoms with Crippen molar-refractivity contribution in [2.24, 2.45) is 5.92 Å². The van der Waals surface area contributed by atoms with Crippen LogP contribution < -0.4 is 5.32 Å². The van der Waals surface area contributed by atoms with E-state index >= 15 is 0 Å². The zero-order valence-electron chi connectivity index (χ0n) is 14.6. The van der Waals surface area contributed by atoms with Gasteiger partial charge in [-0.25, -0.2) is 0 Å². The molecule has 1 N–H and O–H groups in total. The van der Waals surface area contributed by atoms with E-state index in [1.54, 1.807) is 0 Å². The van der Waals surface area contributed by atoms with Gasteiger partial charge in [-0.05, 0) is 44.5 Å². The number of nitrogens with zero attached hydrogens (tertiary/aromatic N) is 1. The molecule has 0 unspecified atom stereocenters. The van der Waals surface area contributed by atoms with Gasteiger partial charge in [0.05, 0.1) is 6.54 Å². The molecule has 1 fully saturated rings. The number of piperidine rings is 1. The molecule has 1 aliphatic rings. The highest BCUT2D eigenvalue weighted by molar-refractivity contribution is 5.98. The van der Waals surface area contributed by atoms with Crippen molar-refractivity contribution in [3.8, 4) is 0 Å². The summed E-state index contributed by atoms with van der Waals surface area (Å²) in [7, 11) is 0. The van der Waals surface area contributed by atoms with E-state index < -0.39 is 0 Å². The Morgan fingerprint density at radius 2 is 1.64 bits per heavy atom. The van der Waals surface area contributed by atoms with Gasteiger partial charge >= 0.3 is 0 Å². The van der Waals surface area contributed by atoms with Crippen molar-refractivity contribution >= 4 is 17.4 Å². The zero-order chi connectivity index (χ0) is 17.6. The second-order valence-corrected chi connectivity index (χ2v) is 6.64. The molecule has 3 rings (SSSR count). The number of ketones is 1. The smallest absolute Gasteiger partial charge is 0.238 e. The van der Waals surface area contributed by atoms with E-state index in [9.17, 15) is 9.59 Å². The van der Waals surface area contributed by atoms with Gasteiger partial charge in [-0.2, -0.15) is 0 Å². The van der Waals surface area contributed by atoms with Crippen LogP contribution in [0.1, 0.15) is 28.8 Å². The molecule has 0 radical (unpaired) electrons. The monoisotopic (exact) mass is 336 g/mol. The van der Waals surface area contributed by atoms with Gasteiger partial charge < -0.3 is 5.32 Å². The Hall–Kier alpha value is -2.46. The van der Waals surface area contributed by atoms with Gasteiger partial charge in [0, 0.05) is 17.2 Å². The van der Waals surface area contributed by atoms with E-state index in [0.717, 1.165) is 42.7 Å². The number of aryl methyl sites for hydroxylation is 1.